The number of benzene rings is 3. The van der Waals surface area contributed by atoms with Crippen LogP contribution in [0.25, 0.3) is 6.08 Å². The van der Waals surface area contributed by atoms with Crippen molar-refractivity contribution in [3.63, 3.8) is 0 Å². The van der Waals surface area contributed by atoms with Gasteiger partial charge in [-0.1, -0.05) is 36.4 Å². The van der Waals surface area contributed by atoms with Crippen molar-refractivity contribution in [3.05, 3.63) is 88.5 Å². The van der Waals surface area contributed by atoms with Crippen LogP contribution in [0.3, 0.4) is 0 Å². The highest BCUT2D eigenvalue weighted by molar-refractivity contribution is 6.25. The summed E-state index contributed by atoms with van der Waals surface area (Å²) in [5.74, 6) is -2.63. The van der Waals surface area contributed by atoms with E-state index in [0.29, 0.717) is 17.2 Å². The van der Waals surface area contributed by atoms with Gasteiger partial charge in [-0.25, -0.2) is 4.90 Å². The number of para-hydroxylation sites is 1. The van der Waals surface area contributed by atoms with Crippen molar-refractivity contribution in [2.24, 2.45) is 11.8 Å². The number of hydrogen-bond donors (Lipinski definition) is 1. The maximum absolute atomic E-state index is 14.1. The summed E-state index contributed by atoms with van der Waals surface area (Å²) in [6.45, 7) is 0. The van der Waals surface area contributed by atoms with Crippen LogP contribution < -0.4 is 24.6 Å². The summed E-state index contributed by atoms with van der Waals surface area (Å²) in [6, 6.07) is 16.2. The molecule has 0 unspecified atom stereocenters. The molecule has 2 saturated heterocycles. The molecule has 0 aliphatic carbocycles. The predicted molar refractivity (Wildman–Crippen MR) is 146 cm³/mol. The quantitative estimate of drug-likeness (QED) is 0.285. The molecule has 0 aromatic heterocycles. The molecule has 0 spiro atoms. The minimum atomic E-state index is -1.06. The monoisotopic (exact) mass is 540 g/mol. The van der Waals surface area contributed by atoms with E-state index in [4.69, 9.17) is 9.47 Å². The van der Waals surface area contributed by atoms with Gasteiger partial charge >= 0.3 is 0 Å². The Labute approximate surface area is 228 Å². The maximum atomic E-state index is 14.1. The largest absolute Gasteiger partial charge is 0.497 e. The lowest BCUT2D eigenvalue weighted by Crippen LogP contribution is -2.50. The van der Waals surface area contributed by atoms with Crippen LogP contribution in [0.1, 0.15) is 5.56 Å². The first-order chi connectivity index (χ1) is 19.3. The molecule has 3 aromatic carbocycles. The fraction of sp³-hybridized carbons (Fsp3) is 0.207. The first kappa shape index (κ1) is 25.1. The molecular weight excluding hydrogens is 516 g/mol. The van der Waals surface area contributed by atoms with Gasteiger partial charge in [0.15, 0.2) is 0 Å². The van der Waals surface area contributed by atoms with Gasteiger partial charge in [-0.2, -0.15) is 0 Å². The van der Waals surface area contributed by atoms with E-state index >= 15 is 0 Å². The average Bonchev–Trinajstić information content (AvgIpc) is 3.45. The summed E-state index contributed by atoms with van der Waals surface area (Å²) in [4.78, 5) is 55.5. The maximum Gasteiger partial charge on any atom is 0.271 e. The van der Waals surface area contributed by atoms with E-state index in [1.807, 2.05) is 41.3 Å². The smallest absolute Gasteiger partial charge is 0.271 e. The highest BCUT2D eigenvalue weighted by Crippen LogP contribution is 2.49. The summed E-state index contributed by atoms with van der Waals surface area (Å²) >= 11 is 0. The second kappa shape index (κ2) is 9.53. The van der Waals surface area contributed by atoms with E-state index in [1.54, 1.807) is 18.2 Å². The molecule has 3 aliphatic rings. The number of nitrogens with one attached hydrogen (secondary N) is 1. The van der Waals surface area contributed by atoms with Crippen LogP contribution in [0.4, 0.5) is 22.7 Å². The lowest BCUT2D eigenvalue weighted by Gasteiger charge is -2.36. The first-order valence-electron chi connectivity index (χ1n) is 12.5. The summed E-state index contributed by atoms with van der Waals surface area (Å²) in [7, 11) is 2.97. The van der Waals surface area contributed by atoms with Gasteiger partial charge < -0.3 is 19.7 Å². The van der Waals surface area contributed by atoms with Crippen molar-refractivity contribution in [2.45, 2.75) is 12.1 Å². The molecule has 0 radical (unpaired) electrons. The predicted octanol–water partition coefficient (Wildman–Crippen LogP) is 3.64. The van der Waals surface area contributed by atoms with Gasteiger partial charge in [0, 0.05) is 23.9 Å². The molecular formula is C29H24N4O7. The fourth-order valence-corrected chi connectivity index (χ4v) is 5.93. The SMILES string of the molecule is COc1ccc(OC)c(NC(=O)[C@@H]2[C@@H]3C(=O)N(c4cccc([N+](=O)[O-])c4)C(=O)[C@H]3[C@H]3C=Cc4ccccc4N32)c1. The molecule has 3 aromatic rings. The molecule has 2 fully saturated rings. The summed E-state index contributed by atoms with van der Waals surface area (Å²) < 4.78 is 10.7. The van der Waals surface area contributed by atoms with Gasteiger partial charge in [0.05, 0.1) is 48.4 Å². The third-order valence-corrected chi connectivity index (χ3v) is 7.65. The number of imide groups is 1. The Bertz CT molecular complexity index is 1600. The number of nitro groups is 1. The number of rotatable bonds is 6. The first-order valence-corrected chi connectivity index (χ1v) is 12.5. The highest BCUT2D eigenvalue weighted by Gasteiger charge is 2.64. The summed E-state index contributed by atoms with van der Waals surface area (Å²) in [6.07, 6.45) is 3.72. The lowest BCUT2D eigenvalue weighted by molar-refractivity contribution is -0.384. The number of anilines is 3. The molecule has 11 heteroatoms. The average molecular weight is 541 g/mol. The van der Waals surface area contributed by atoms with E-state index < -0.39 is 46.6 Å². The molecule has 40 heavy (non-hydrogen) atoms. The standard InChI is InChI=1S/C29H24N4O7/c1-39-19-11-13-23(40-2)20(15-19)30-27(34)26-25-24(22-12-10-16-6-3-4-9-21(16)32(22)26)28(35)31(29(25)36)17-7-5-8-18(14-17)33(37)38/h3-15,22,24-26H,1-2H3,(H,30,34)/t22-,24+,25-,26+/m1/s1. The van der Waals surface area contributed by atoms with Crippen LogP contribution in [-0.2, 0) is 14.4 Å². The molecule has 0 bridgehead atoms. The number of methoxy groups -OCH3 is 2. The second-order valence-corrected chi connectivity index (χ2v) is 9.66. The van der Waals surface area contributed by atoms with Gasteiger partial charge in [-0.15, -0.1) is 0 Å². The number of hydrogen-bond acceptors (Lipinski definition) is 8. The van der Waals surface area contributed by atoms with Crippen LogP contribution >= 0.6 is 0 Å². The van der Waals surface area contributed by atoms with Crippen LogP contribution in [0.2, 0.25) is 0 Å². The number of nitrogens with zero attached hydrogens (tertiary/aromatic N) is 3. The Kier molecular flexibility index (Phi) is 5.98. The van der Waals surface area contributed by atoms with Crippen molar-refractivity contribution in [3.8, 4) is 11.5 Å². The number of amides is 3. The zero-order chi connectivity index (χ0) is 28.1. The molecule has 6 rings (SSSR count). The van der Waals surface area contributed by atoms with Crippen LogP contribution in [-0.4, -0.2) is 48.9 Å². The number of carbonyl (C=O) groups is 3. The zero-order valence-electron chi connectivity index (χ0n) is 21.5. The molecule has 3 amide bonds. The minimum absolute atomic E-state index is 0.0963. The second-order valence-electron chi connectivity index (χ2n) is 9.66. The molecule has 3 heterocycles. The minimum Gasteiger partial charge on any atom is -0.497 e. The van der Waals surface area contributed by atoms with E-state index in [1.165, 1.54) is 38.5 Å². The Hall–Kier alpha value is -5.19. The molecule has 202 valence electrons. The van der Waals surface area contributed by atoms with Crippen molar-refractivity contribution >= 4 is 46.5 Å². The molecule has 1 N–H and O–H groups in total. The lowest BCUT2D eigenvalue weighted by atomic mass is 9.88. The topological polar surface area (TPSA) is 131 Å². The van der Waals surface area contributed by atoms with Gasteiger partial charge in [0.2, 0.25) is 17.7 Å². The number of ether oxygens (including phenoxy) is 2. The van der Waals surface area contributed by atoms with Crippen molar-refractivity contribution < 1.29 is 28.8 Å². The van der Waals surface area contributed by atoms with Crippen molar-refractivity contribution in [1.82, 2.24) is 0 Å². The fourth-order valence-electron chi connectivity index (χ4n) is 5.93. The van der Waals surface area contributed by atoms with E-state index in [-0.39, 0.29) is 11.4 Å². The Morgan fingerprint density at radius 2 is 1.73 bits per heavy atom. The Balaban J connectivity index is 1.44. The van der Waals surface area contributed by atoms with E-state index in [0.717, 1.165) is 16.2 Å². The Morgan fingerprint density at radius 1 is 0.950 bits per heavy atom. The van der Waals surface area contributed by atoms with Gasteiger partial charge in [-0.05, 0) is 29.8 Å². The Morgan fingerprint density at radius 3 is 2.48 bits per heavy atom. The van der Waals surface area contributed by atoms with Gasteiger partial charge in [0.1, 0.15) is 17.5 Å². The van der Waals surface area contributed by atoms with E-state index in [2.05, 4.69) is 5.32 Å². The molecule has 3 aliphatic heterocycles. The van der Waals surface area contributed by atoms with Gasteiger partial charge in [0.25, 0.3) is 5.69 Å². The van der Waals surface area contributed by atoms with Crippen molar-refractivity contribution in [1.29, 1.82) is 0 Å². The third kappa shape index (κ3) is 3.77. The normalized spacial score (nSPS) is 22.4. The highest BCUT2D eigenvalue weighted by atomic mass is 16.6. The third-order valence-electron chi connectivity index (χ3n) is 7.65. The number of nitro benzene ring substituents is 1. The van der Waals surface area contributed by atoms with Crippen LogP contribution in [0, 0.1) is 22.0 Å². The van der Waals surface area contributed by atoms with Gasteiger partial charge in [-0.3, -0.25) is 24.5 Å². The molecule has 11 nitrogen and oxygen atoms in total. The zero-order valence-corrected chi connectivity index (χ0v) is 21.5. The van der Waals surface area contributed by atoms with Crippen LogP contribution in [0.15, 0.2) is 72.8 Å². The number of non-ortho nitro benzene ring substituents is 1. The number of fused-ring (bicyclic) bond motifs is 5. The summed E-state index contributed by atoms with van der Waals surface area (Å²) in [5, 5.41) is 14.3. The molecule has 0 saturated carbocycles. The van der Waals surface area contributed by atoms with Crippen LogP contribution in [0.5, 0.6) is 11.5 Å². The number of carbonyl (C=O) groups excluding carboxylic acids is 3. The van der Waals surface area contributed by atoms with E-state index in [9.17, 15) is 24.5 Å². The van der Waals surface area contributed by atoms with Crippen molar-refractivity contribution in [2.75, 3.05) is 29.3 Å². The summed E-state index contributed by atoms with van der Waals surface area (Å²) in [5.41, 5.74) is 1.78. The molecule has 4 atom stereocenters.